The van der Waals surface area contributed by atoms with Gasteiger partial charge in [0, 0.05) is 19.5 Å². The second kappa shape index (κ2) is 5.88. The topological polar surface area (TPSA) is 86.8 Å². The van der Waals surface area contributed by atoms with Crippen molar-refractivity contribution < 1.29 is 10.3 Å². The van der Waals surface area contributed by atoms with E-state index in [1.54, 1.807) is 6.08 Å². The quantitative estimate of drug-likeness (QED) is 0.582. The number of carbonyl (C=O) groups excluding carboxylic acids is 1. The molecule has 11 heavy (non-hydrogen) atoms. The van der Waals surface area contributed by atoms with Gasteiger partial charge in [-0.05, 0) is 6.42 Å². The summed E-state index contributed by atoms with van der Waals surface area (Å²) >= 11 is 0. The Hall–Kier alpha value is -0.870. The van der Waals surface area contributed by atoms with Crippen molar-refractivity contribution in [2.45, 2.75) is 12.8 Å². The Morgan fingerprint density at radius 2 is 2.27 bits per heavy atom. The van der Waals surface area contributed by atoms with Gasteiger partial charge in [-0.1, -0.05) is 6.08 Å². The van der Waals surface area contributed by atoms with Crippen LogP contribution in [0.4, 0.5) is 0 Å². The lowest BCUT2D eigenvalue weighted by Gasteiger charge is -2.10. The van der Waals surface area contributed by atoms with Crippen molar-refractivity contribution in [3.05, 3.63) is 12.7 Å². The molecule has 0 spiro atoms. The van der Waals surface area contributed by atoms with Gasteiger partial charge in [0.2, 0.25) is 5.91 Å². The SMILES string of the molecule is C=CCN1CCCC1=O.N.O. The van der Waals surface area contributed by atoms with E-state index < -0.39 is 0 Å². The lowest BCUT2D eigenvalue weighted by atomic mass is 10.4. The summed E-state index contributed by atoms with van der Waals surface area (Å²) in [6, 6.07) is 0. The summed E-state index contributed by atoms with van der Waals surface area (Å²) < 4.78 is 0. The lowest BCUT2D eigenvalue weighted by molar-refractivity contribution is -0.127. The first-order valence-electron chi connectivity index (χ1n) is 3.23. The molecule has 0 aromatic rings. The number of rotatable bonds is 2. The van der Waals surface area contributed by atoms with E-state index in [1.165, 1.54) is 0 Å². The fraction of sp³-hybridized carbons (Fsp3) is 0.571. The molecule has 0 aromatic carbocycles. The molecule has 1 amide bonds. The van der Waals surface area contributed by atoms with E-state index in [4.69, 9.17) is 0 Å². The smallest absolute Gasteiger partial charge is 0.222 e. The molecule has 0 unspecified atom stereocenters. The zero-order chi connectivity index (χ0) is 6.69. The van der Waals surface area contributed by atoms with Crippen LogP contribution >= 0.6 is 0 Å². The lowest BCUT2D eigenvalue weighted by Crippen LogP contribution is -2.24. The molecule has 1 heterocycles. The first-order chi connectivity index (χ1) is 4.34. The van der Waals surface area contributed by atoms with Gasteiger partial charge in [-0.2, -0.15) is 0 Å². The molecule has 1 rings (SSSR count). The molecule has 4 heteroatoms. The number of hydrogen-bond acceptors (Lipinski definition) is 2. The predicted molar refractivity (Wildman–Crippen MR) is 44.6 cm³/mol. The number of nitrogens with zero attached hydrogens (tertiary/aromatic N) is 1. The first-order valence-corrected chi connectivity index (χ1v) is 3.23. The highest BCUT2D eigenvalue weighted by Crippen LogP contribution is 2.07. The molecule has 1 saturated heterocycles. The van der Waals surface area contributed by atoms with E-state index in [2.05, 4.69) is 6.58 Å². The third-order valence-corrected chi connectivity index (χ3v) is 1.52. The zero-order valence-electron chi connectivity index (χ0n) is 6.68. The number of amides is 1. The van der Waals surface area contributed by atoms with Crippen LogP contribution in [0.15, 0.2) is 12.7 Å². The summed E-state index contributed by atoms with van der Waals surface area (Å²) in [6.45, 7) is 5.21. The molecule has 0 radical (unpaired) electrons. The Labute approximate surface area is 66.8 Å². The molecule has 0 aliphatic carbocycles. The molecule has 1 aliphatic heterocycles. The van der Waals surface area contributed by atoms with Crippen molar-refractivity contribution >= 4 is 5.91 Å². The Morgan fingerprint density at radius 3 is 2.64 bits per heavy atom. The van der Waals surface area contributed by atoms with Gasteiger partial charge < -0.3 is 16.5 Å². The van der Waals surface area contributed by atoms with Crippen molar-refractivity contribution in [1.29, 1.82) is 0 Å². The van der Waals surface area contributed by atoms with Crippen molar-refractivity contribution in [3.63, 3.8) is 0 Å². The highest BCUT2D eigenvalue weighted by molar-refractivity contribution is 5.78. The fourth-order valence-corrected chi connectivity index (χ4v) is 1.05. The van der Waals surface area contributed by atoms with Gasteiger partial charge in [-0.15, -0.1) is 6.58 Å². The minimum absolute atomic E-state index is 0. The molecule has 0 saturated carbocycles. The highest BCUT2D eigenvalue weighted by atomic mass is 16.2. The normalized spacial score (nSPS) is 15.3. The van der Waals surface area contributed by atoms with E-state index in [0.29, 0.717) is 0 Å². The molecule has 66 valence electrons. The Bertz CT molecular complexity index is 136. The molecular formula is C7H16N2O2. The minimum Gasteiger partial charge on any atom is -0.412 e. The van der Waals surface area contributed by atoms with Crippen LogP contribution in [-0.4, -0.2) is 29.4 Å². The van der Waals surface area contributed by atoms with Crippen molar-refractivity contribution in [2.75, 3.05) is 13.1 Å². The standard InChI is InChI=1S/C7H11NO.H3N.H2O/c1-2-5-8-6-3-4-7(8)9;;/h2H,1,3-6H2;1H3;1H2. The van der Waals surface area contributed by atoms with Crippen LogP contribution in [0.3, 0.4) is 0 Å². The molecule has 1 fully saturated rings. The van der Waals surface area contributed by atoms with E-state index in [0.717, 1.165) is 25.9 Å². The first kappa shape index (κ1) is 12.8. The van der Waals surface area contributed by atoms with Gasteiger partial charge in [-0.3, -0.25) is 4.79 Å². The molecule has 5 N–H and O–H groups in total. The Morgan fingerprint density at radius 1 is 1.64 bits per heavy atom. The maximum Gasteiger partial charge on any atom is 0.222 e. The maximum absolute atomic E-state index is 10.8. The van der Waals surface area contributed by atoms with Crippen molar-refractivity contribution in [2.24, 2.45) is 0 Å². The van der Waals surface area contributed by atoms with Gasteiger partial charge >= 0.3 is 0 Å². The van der Waals surface area contributed by atoms with Gasteiger partial charge in [-0.25, -0.2) is 0 Å². The summed E-state index contributed by atoms with van der Waals surface area (Å²) in [5.41, 5.74) is 0. The van der Waals surface area contributed by atoms with Crippen molar-refractivity contribution in [3.8, 4) is 0 Å². The van der Waals surface area contributed by atoms with Crippen LogP contribution in [0.25, 0.3) is 0 Å². The third-order valence-electron chi connectivity index (χ3n) is 1.52. The maximum atomic E-state index is 10.8. The van der Waals surface area contributed by atoms with Gasteiger partial charge in [0.25, 0.3) is 0 Å². The molecular weight excluding hydrogens is 144 g/mol. The van der Waals surface area contributed by atoms with E-state index >= 15 is 0 Å². The van der Waals surface area contributed by atoms with Crippen LogP contribution < -0.4 is 6.15 Å². The molecule has 0 atom stereocenters. The Kier molecular flexibility index (Phi) is 6.83. The van der Waals surface area contributed by atoms with Crippen LogP contribution in [0, 0.1) is 0 Å². The summed E-state index contributed by atoms with van der Waals surface area (Å²) in [7, 11) is 0. The van der Waals surface area contributed by atoms with Crippen LogP contribution in [0.2, 0.25) is 0 Å². The highest BCUT2D eigenvalue weighted by Gasteiger charge is 2.17. The fourth-order valence-electron chi connectivity index (χ4n) is 1.05. The predicted octanol–water partition coefficient (Wildman–Crippen LogP) is 0.132. The number of carbonyl (C=O) groups is 1. The number of likely N-dealkylation sites (tertiary alicyclic amines) is 1. The molecule has 0 aromatic heterocycles. The van der Waals surface area contributed by atoms with E-state index in [1.807, 2.05) is 4.90 Å². The zero-order valence-corrected chi connectivity index (χ0v) is 6.68. The van der Waals surface area contributed by atoms with Crippen LogP contribution in [0.5, 0.6) is 0 Å². The average molecular weight is 160 g/mol. The molecule has 0 bridgehead atoms. The molecule has 1 aliphatic rings. The van der Waals surface area contributed by atoms with E-state index in [-0.39, 0.29) is 17.5 Å². The summed E-state index contributed by atoms with van der Waals surface area (Å²) in [4.78, 5) is 12.7. The van der Waals surface area contributed by atoms with Gasteiger partial charge in [0.05, 0.1) is 0 Å². The van der Waals surface area contributed by atoms with Gasteiger partial charge in [0.1, 0.15) is 0 Å². The van der Waals surface area contributed by atoms with Gasteiger partial charge in [0.15, 0.2) is 0 Å². The largest absolute Gasteiger partial charge is 0.412 e. The van der Waals surface area contributed by atoms with E-state index in [9.17, 15) is 4.79 Å². The summed E-state index contributed by atoms with van der Waals surface area (Å²) in [5.74, 6) is 0.273. The second-order valence-corrected chi connectivity index (χ2v) is 2.23. The summed E-state index contributed by atoms with van der Waals surface area (Å²) in [6.07, 6.45) is 3.52. The average Bonchev–Trinajstić information content (AvgIpc) is 2.18. The third kappa shape index (κ3) is 3.15. The summed E-state index contributed by atoms with van der Waals surface area (Å²) in [5, 5.41) is 0. The van der Waals surface area contributed by atoms with Crippen LogP contribution in [-0.2, 0) is 4.79 Å². The number of hydrogen-bond donors (Lipinski definition) is 1. The van der Waals surface area contributed by atoms with Crippen LogP contribution in [0.1, 0.15) is 12.8 Å². The Balaban J connectivity index is 0. The monoisotopic (exact) mass is 160 g/mol. The second-order valence-electron chi connectivity index (χ2n) is 2.23. The minimum atomic E-state index is 0. The molecule has 4 nitrogen and oxygen atoms in total. The van der Waals surface area contributed by atoms with Crippen molar-refractivity contribution in [1.82, 2.24) is 11.1 Å².